The van der Waals surface area contributed by atoms with Crippen LogP contribution in [0.15, 0.2) is 18.5 Å². The summed E-state index contributed by atoms with van der Waals surface area (Å²) in [5.74, 6) is 0. The van der Waals surface area contributed by atoms with Gasteiger partial charge in [-0.25, -0.2) is 4.98 Å². The third kappa shape index (κ3) is 2.51. The molecule has 2 aromatic rings. The van der Waals surface area contributed by atoms with E-state index in [9.17, 15) is 0 Å². The van der Waals surface area contributed by atoms with E-state index in [0.717, 1.165) is 10.7 Å². The lowest BCUT2D eigenvalue weighted by Gasteiger charge is -2.07. The van der Waals surface area contributed by atoms with Crippen LogP contribution >= 0.6 is 22.9 Å². The lowest BCUT2D eigenvalue weighted by atomic mass is 10.3. The maximum Gasteiger partial charge on any atom is 0.117 e. The quantitative estimate of drug-likeness (QED) is 0.834. The summed E-state index contributed by atoms with van der Waals surface area (Å²) in [6.45, 7) is 4.20. The van der Waals surface area contributed by atoms with E-state index in [1.165, 1.54) is 11.3 Å². The highest BCUT2D eigenvalue weighted by atomic mass is 35.5. The molecular weight excluding hydrogens is 242 g/mol. The zero-order chi connectivity index (χ0) is 11.5. The van der Waals surface area contributed by atoms with Crippen molar-refractivity contribution in [1.82, 2.24) is 14.8 Å². The molecule has 2 aromatic heterocycles. The molecule has 0 unspecified atom stereocenters. The zero-order valence-electron chi connectivity index (χ0n) is 9.09. The molecular formula is C11H12ClN3S. The van der Waals surface area contributed by atoms with Crippen molar-refractivity contribution in [3.05, 3.63) is 33.5 Å². The number of hydrogen-bond acceptors (Lipinski definition) is 3. The van der Waals surface area contributed by atoms with Gasteiger partial charge in [-0.3, -0.25) is 4.68 Å². The molecule has 0 radical (unpaired) electrons. The molecule has 0 aliphatic rings. The van der Waals surface area contributed by atoms with Crippen LogP contribution < -0.4 is 0 Å². The van der Waals surface area contributed by atoms with E-state index in [4.69, 9.17) is 11.6 Å². The molecule has 0 atom stereocenters. The predicted octanol–water partition coefficient (Wildman–Crippen LogP) is 3.74. The van der Waals surface area contributed by atoms with E-state index in [1.807, 2.05) is 22.9 Å². The molecule has 0 bridgehead atoms. The molecule has 0 fully saturated rings. The van der Waals surface area contributed by atoms with Crippen LogP contribution in [0.4, 0.5) is 0 Å². The van der Waals surface area contributed by atoms with Gasteiger partial charge in [0.1, 0.15) is 9.34 Å². The first-order chi connectivity index (χ1) is 7.66. The monoisotopic (exact) mass is 253 g/mol. The van der Waals surface area contributed by atoms with Crippen LogP contribution in [0.1, 0.15) is 30.6 Å². The molecule has 84 valence electrons. The van der Waals surface area contributed by atoms with Crippen LogP contribution in [-0.4, -0.2) is 14.8 Å². The Kier molecular flexibility index (Phi) is 3.41. The third-order valence-electron chi connectivity index (χ3n) is 2.08. The summed E-state index contributed by atoms with van der Waals surface area (Å²) in [5.41, 5.74) is 1.07. The zero-order valence-corrected chi connectivity index (χ0v) is 10.7. The average Bonchev–Trinajstić information content (AvgIpc) is 2.83. The molecule has 16 heavy (non-hydrogen) atoms. The maximum atomic E-state index is 5.81. The van der Waals surface area contributed by atoms with Crippen molar-refractivity contribution < 1.29 is 0 Å². The van der Waals surface area contributed by atoms with E-state index in [-0.39, 0.29) is 0 Å². The number of thiazole rings is 1. The molecule has 0 saturated carbocycles. The van der Waals surface area contributed by atoms with Crippen LogP contribution in [0.3, 0.4) is 0 Å². The molecule has 0 N–H and O–H groups in total. The Morgan fingerprint density at radius 1 is 1.44 bits per heavy atom. The van der Waals surface area contributed by atoms with E-state index >= 15 is 0 Å². The Hall–Kier alpha value is -1.13. The van der Waals surface area contributed by atoms with Crippen molar-refractivity contribution >= 4 is 35.1 Å². The topological polar surface area (TPSA) is 30.7 Å². The summed E-state index contributed by atoms with van der Waals surface area (Å²) in [6.07, 6.45) is 7.41. The molecule has 0 amide bonds. The lowest BCUT2D eigenvalue weighted by molar-refractivity contribution is 0.528. The molecule has 0 saturated heterocycles. The summed E-state index contributed by atoms with van der Waals surface area (Å²) in [5, 5.41) is 5.16. The first-order valence-corrected chi connectivity index (χ1v) is 6.19. The highest BCUT2D eigenvalue weighted by molar-refractivity contribution is 7.16. The van der Waals surface area contributed by atoms with Gasteiger partial charge in [0, 0.05) is 12.2 Å². The number of hydrogen-bond donors (Lipinski definition) is 0. The van der Waals surface area contributed by atoms with Crippen molar-refractivity contribution in [1.29, 1.82) is 0 Å². The van der Waals surface area contributed by atoms with Crippen LogP contribution in [0.2, 0.25) is 4.34 Å². The van der Waals surface area contributed by atoms with Crippen LogP contribution in [0.25, 0.3) is 12.2 Å². The number of rotatable bonds is 3. The molecule has 0 aromatic carbocycles. The van der Waals surface area contributed by atoms with E-state index in [2.05, 4.69) is 23.9 Å². The number of halogens is 1. The van der Waals surface area contributed by atoms with Gasteiger partial charge in [-0.2, -0.15) is 5.10 Å². The third-order valence-corrected chi connectivity index (χ3v) is 3.16. The van der Waals surface area contributed by atoms with Crippen molar-refractivity contribution in [2.45, 2.75) is 19.9 Å². The maximum absolute atomic E-state index is 5.81. The lowest BCUT2D eigenvalue weighted by Crippen LogP contribution is -2.04. The fourth-order valence-electron chi connectivity index (χ4n) is 1.39. The van der Waals surface area contributed by atoms with Crippen LogP contribution in [-0.2, 0) is 0 Å². The molecule has 0 aliphatic heterocycles. The number of nitrogens with zero attached hydrogens (tertiary/aromatic N) is 3. The second-order valence-corrected chi connectivity index (χ2v) is 5.32. The van der Waals surface area contributed by atoms with Gasteiger partial charge in [0.25, 0.3) is 0 Å². The molecule has 3 nitrogen and oxygen atoms in total. The largest absolute Gasteiger partial charge is 0.263 e. The van der Waals surface area contributed by atoms with Crippen LogP contribution in [0, 0.1) is 0 Å². The van der Waals surface area contributed by atoms with Crippen molar-refractivity contribution in [2.75, 3.05) is 0 Å². The molecule has 2 heterocycles. The van der Waals surface area contributed by atoms with E-state index in [1.54, 1.807) is 12.4 Å². The summed E-state index contributed by atoms with van der Waals surface area (Å²) < 4.78 is 2.67. The van der Waals surface area contributed by atoms with E-state index in [0.29, 0.717) is 10.4 Å². The summed E-state index contributed by atoms with van der Waals surface area (Å²) in [6, 6.07) is 2.33. The fourth-order valence-corrected chi connectivity index (χ4v) is 2.22. The minimum absolute atomic E-state index is 0.356. The highest BCUT2D eigenvalue weighted by Gasteiger charge is 2.02. The second-order valence-electron chi connectivity index (χ2n) is 3.63. The van der Waals surface area contributed by atoms with Gasteiger partial charge in [0.05, 0.1) is 11.9 Å². The summed E-state index contributed by atoms with van der Waals surface area (Å²) in [4.78, 5) is 4.16. The molecule has 5 heteroatoms. The predicted molar refractivity (Wildman–Crippen MR) is 68.7 cm³/mol. The minimum atomic E-state index is 0.356. The second kappa shape index (κ2) is 4.80. The average molecular weight is 254 g/mol. The Labute approximate surface area is 103 Å². The Morgan fingerprint density at radius 3 is 2.88 bits per heavy atom. The SMILES string of the molecule is CC(C)n1nccc1C=Cc1ncc(Cl)s1. The minimum Gasteiger partial charge on any atom is -0.263 e. The van der Waals surface area contributed by atoms with Gasteiger partial charge < -0.3 is 0 Å². The molecule has 2 rings (SSSR count). The van der Waals surface area contributed by atoms with E-state index < -0.39 is 0 Å². The van der Waals surface area contributed by atoms with Gasteiger partial charge in [0.2, 0.25) is 0 Å². The van der Waals surface area contributed by atoms with Gasteiger partial charge in [-0.15, -0.1) is 11.3 Å². The normalized spacial score (nSPS) is 11.8. The molecule has 0 spiro atoms. The van der Waals surface area contributed by atoms with Crippen molar-refractivity contribution in [2.24, 2.45) is 0 Å². The Balaban J connectivity index is 2.20. The summed E-state index contributed by atoms with van der Waals surface area (Å²) in [7, 11) is 0. The Bertz CT molecular complexity index is 499. The summed E-state index contributed by atoms with van der Waals surface area (Å²) >= 11 is 7.27. The van der Waals surface area contributed by atoms with Gasteiger partial charge in [-0.05, 0) is 32.1 Å². The van der Waals surface area contributed by atoms with Crippen LogP contribution in [0.5, 0.6) is 0 Å². The Morgan fingerprint density at radius 2 is 2.25 bits per heavy atom. The van der Waals surface area contributed by atoms with Gasteiger partial charge in [0.15, 0.2) is 0 Å². The molecule has 0 aliphatic carbocycles. The standard InChI is InChI=1S/C11H12ClN3S/c1-8(2)15-9(5-6-14-15)3-4-11-13-7-10(12)16-11/h3-8H,1-2H3. The fraction of sp³-hybridized carbons (Fsp3) is 0.273. The van der Waals surface area contributed by atoms with Crippen molar-refractivity contribution in [3.8, 4) is 0 Å². The number of aromatic nitrogens is 3. The van der Waals surface area contributed by atoms with Gasteiger partial charge in [-0.1, -0.05) is 11.6 Å². The van der Waals surface area contributed by atoms with Gasteiger partial charge >= 0.3 is 0 Å². The first kappa shape index (κ1) is 11.4. The first-order valence-electron chi connectivity index (χ1n) is 5.00. The highest BCUT2D eigenvalue weighted by Crippen LogP contribution is 2.20. The smallest absolute Gasteiger partial charge is 0.117 e. The van der Waals surface area contributed by atoms with Crippen molar-refractivity contribution in [3.63, 3.8) is 0 Å².